The zero-order valence-corrected chi connectivity index (χ0v) is 14.7. The standard InChI is InChI=1S/C19H24FN3O3/c20-16-5-3-15(4-6-16)19(26)23-11-7-14(8-12-23)18(25)21-13-17(24)22-9-1-2-10-22/h3-6,14H,1-2,7-13H2,(H,21,25). The Morgan fingerprint density at radius 3 is 2.19 bits per heavy atom. The summed E-state index contributed by atoms with van der Waals surface area (Å²) in [5, 5.41) is 2.74. The van der Waals surface area contributed by atoms with Crippen molar-refractivity contribution in [3.63, 3.8) is 0 Å². The van der Waals surface area contributed by atoms with E-state index in [0.717, 1.165) is 25.9 Å². The SMILES string of the molecule is O=C(NCC(=O)N1CCCC1)C1CCN(C(=O)c2ccc(F)cc2)CC1. The molecule has 0 aliphatic carbocycles. The first-order valence-corrected chi connectivity index (χ1v) is 9.15. The lowest BCUT2D eigenvalue weighted by atomic mass is 9.95. The zero-order chi connectivity index (χ0) is 18.5. The quantitative estimate of drug-likeness (QED) is 0.882. The summed E-state index contributed by atoms with van der Waals surface area (Å²) in [6, 6.07) is 5.48. The van der Waals surface area contributed by atoms with Crippen molar-refractivity contribution in [3.05, 3.63) is 35.6 Å². The van der Waals surface area contributed by atoms with Crippen LogP contribution in [-0.2, 0) is 9.59 Å². The number of hydrogen-bond acceptors (Lipinski definition) is 3. The molecule has 0 radical (unpaired) electrons. The normalized spacial score (nSPS) is 18.0. The van der Waals surface area contributed by atoms with Crippen LogP contribution in [0.3, 0.4) is 0 Å². The molecule has 3 rings (SSSR count). The molecule has 0 spiro atoms. The smallest absolute Gasteiger partial charge is 0.253 e. The lowest BCUT2D eigenvalue weighted by molar-refractivity contribution is -0.133. The molecule has 2 aliphatic rings. The van der Waals surface area contributed by atoms with Crippen molar-refractivity contribution in [2.45, 2.75) is 25.7 Å². The number of hydrogen-bond donors (Lipinski definition) is 1. The number of nitrogens with one attached hydrogen (secondary N) is 1. The van der Waals surface area contributed by atoms with E-state index in [0.29, 0.717) is 31.5 Å². The molecular formula is C19H24FN3O3. The first-order chi connectivity index (χ1) is 12.5. The van der Waals surface area contributed by atoms with Crippen LogP contribution < -0.4 is 5.32 Å². The molecule has 6 nitrogen and oxygen atoms in total. The van der Waals surface area contributed by atoms with Gasteiger partial charge in [-0.3, -0.25) is 14.4 Å². The first-order valence-electron chi connectivity index (χ1n) is 9.15. The molecule has 1 aromatic carbocycles. The summed E-state index contributed by atoms with van der Waals surface area (Å²) in [6.45, 7) is 2.56. The van der Waals surface area contributed by atoms with Gasteiger partial charge in [0.2, 0.25) is 11.8 Å². The van der Waals surface area contributed by atoms with Crippen LogP contribution in [0.5, 0.6) is 0 Å². The van der Waals surface area contributed by atoms with Crippen LogP contribution in [0, 0.1) is 11.7 Å². The number of benzene rings is 1. The second kappa shape index (κ2) is 8.29. The van der Waals surface area contributed by atoms with E-state index in [9.17, 15) is 18.8 Å². The van der Waals surface area contributed by atoms with Crippen molar-refractivity contribution in [3.8, 4) is 0 Å². The molecular weight excluding hydrogens is 337 g/mol. The summed E-state index contributed by atoms with van der Waals surface area (Å²) < 4.78 is 13.0. The van der Waals surface area contributed by atoms with Crippen molar-refractivity contribution in [1.29, 1.82) is 0 Å². The molecule has 2 heterocycles. The molecule has 1 N–H and O–H groups in total. The van der Waals surface area contributed by atoms with Crippen molar-refractivity contribution < 1.29 is 18.8 Å². The van der Waals surface area contributed by atoms with E-state index >= 15 is 0 Å². The molecule has 2 fully saturated rings. The number of halogens is 1. The number of carbonyl (C=O) groups is 3. The summed E-state index contributed by atoms with van der Waals surface area (Å²) in [5.41, 5.74) is 0.450. The number of nitrogens with zero attached hydrogens (tertiary/aromatic N) is 2. The molecule has 7 heteroatoms. The molecule has 0 unspecified atom stereocenters. The first kappa shape index (κ1) is 18.4. The predicted octanol–water partition coefficient (Wildman–Crippen LogP) is 1.42. The summed E-state index contributed by atoms with van der Waals surface area (Å²) in [6.07, 6.45) is 3.19. The van der Waals surface area contributed by atoms with Gasteiger partial charge < -0.3 is 15.1 Å². The van der Waals surface area contributed by atoms with Gasteiger partial charge in [-0.2, -0.15) is 0 Å². The highest BCUT2D eigenvalue weighted by Gasteiger charge is 2.28. The summed E-state index contributed by atoms with van der Waals surface area (Å²) in [7, 11) is 0. The van der Waals surface area contributed by atoms with Gasteiger partial charge in [-0.05, 0) is 49.9 Å². The minimum Gasteiger partial charge on any atom is -0.347 e. The summed E-state index contributed by atoms with van der Waals surface area (Å²) in [5.74, 6) is -0.849. The fraction of sp³-hybridized carbons (Fsp3) is 0.526. The van der Waals surface area contributed by atoms with Crippen LogP contribution in [0.2, 0.25) is 0 Å². The second-order valence-corrected chi connectivity index (χ2v) is 6.88. The molecule has 2 saturated heterocycles. The van der Waals surface area contributed by atoms with Gasteiger partial charge in [0.05, 0.1) is 6.54 Å². The Bertz CT molecular complexity index is 663. The van der Waals surface area contributed by atoms with Gasteiger partial charge in [0, 0.05) is 37.7 Å². The molecule has 0 atom stereocenters. The average Bonchev–Trinajstić information content (AvgIpc) is 3.21. The fourth-order valence-corrected chi connectivity index (χ4v) is 3.51. The van der Waals surface area contributed by atoms with Crippen LogP contribution in [0.1, 0.15) is 36.0 Å². The Balaban J connectivity index is 1.44. The van der Waals surface area contributed by atoms with Crippen molar-refractivity contribution in [2.24, 2.45) is 5.92 Å². The van der Waals surface area contributed by atoms with Crippen LogP contribution in [-0.4, -0.2) is 60.2 Å². The zero-order valence-electron chi connectivity index (χ0n) is 14.7. The van der Waals surface area contributed by atoms with Crippen LogP contribution in [0.4, 0.5) is 4.39 Å². The maximum Gasteiger partial charge on any atom is 0.253 e. The Labute approximate surface area is 152 Å². The van der Waals surface area contributed by atoms with Gasteiger partial charge in [-0.1, -0.05) is 0 Å². The molecule has 3 amide bonds. The third-order valence-corrected chi connectivity index (χ3v) is 5.12. The molecule has 1 aromatic rings. The molecule has 26 heavy (non-hydrogen) atoms. The number of amides is 3. The molecule has 0 aromatic heterocycles. The largest absolute Gasteiger partial charge is 0.347 e. The van der Waals surface area contributed by atoms with E-state index in [4.69, 9.17) is 0 Å². The van der Waals surface area contributed by atoms with Crippen molar-refractivity contribution in [1.82, 2.24) is 15.1 Å². The Hall–Kier alpha value is -2.44. The third kappa shape index (κ3) is 4.39. The molecule has 140 valence electrons. The van der Waals surface area contributed by atoms with Crippen LogP contribution in [0.25, 0.3) is 0 Å². The van der Waals surface area contributed by atoms with Crippen molar-refractivity contribution >= 4 is 17.7 Å². The van der Waals surface area contributed by atoms with Gasteiger partial charge in [0.25, 0.3) is 5.91 Å². The minimum atomic E-state index is -0.375. The highest BCUT2D eigenvalue weighted by molar-refractivity contribution is 5.94. The molecule has 0 saturated carbocycles. The van der Waals surface area contributed by atoms with Gasteiger partial charge in [-0.25, -0.2) is 4.39 Å². The van der Waals surface area contributed by atoms with Gasteiger partial charge in [-0.15, -0.1) is 0 Å². The maximum absolute atomic E-state index is 13.0. The van der Waals surface area contributed by atoms with E-state index in [1.165, 1.54) is 24.3 Å². The molecule has 0 bridgehead atoms. The molecule has 2 aliphatic heterocycles. The van der Waals surface area contributed by atoms with E-state index in [1.54, 1.807) is 9.80 Å². The number of carbonyl (C=O) groups excluding carboxylic acids is 3. The lowest BCUT2D eigenvalue weighted by Gasteiger charge is -2.31. The number of likely N-dealkylation sites (tertiary alicyclic amines) is 2. The monoisotopic (exact) mass is 361 g/mol. The topological polar surface area (TPSA) is 69.7 Å². The highest BCUT2D eigenvalue weighted by Crippen LogP contribution is 2.19. The Kier molecular flexibility index (Phi) is 5.85. The average molecular weight is 361 g/mol. The van der Waals surface area contributed by atoms with E-state index < -0.39 is 0 Å². The lowest BCUT2D eigenvalue weighted by Crippen LogP contribution is -2.45. The minimum absolute atomic E-state index is 0.0280. The van der Waals surface area contributed by atoms with Gasteiger partial charge >= 0.3 is 0 Å². The Morgan fingerprint density at radius 2 is 1.58 bits per heavy atom. The van der Waals surface area contributed by atoms with Crippen molar-refractivity contribution in [2.75, 3.05) is 32.7 Å². The third-order valence-electron chi connectivity index (χ3n) is 5.12. The highest BCUT2D eigenvalue weighted by atomic mass is 19.1. The maximum atomic E-state index is 13.0. The number of rotatable bonds is 4. The number of piperidine rings is 1. The fourth-order valence-electron chi connectivity index (χ4n) is 3.51. The van der Waals surface area contributed by atoms with E-state index in [-0.39, 0.29) is 36.0 Å². The predicted molar refractivity (Wildman–Crippen MR) is 93.9 cm³/mol. The summed E-state index contributed by atoms with van der Waals surface area (Å²) >= 11 is 0. The second-order valence-electron chi connectivity index (χ2n) is 6.88. The summed E-state index contributed by atoms with van der Waals surface area (Å²) in [4.78, 5) is 40.1. The van der Waals surface area contributed by atoms with Crippen LogP contribution in [0.15, 0.2) is 24.3 Å². The van der Waals surface area contributed by atoms with Crippen LogP contribution >= 0.6 is 0 Å². The Morgan fingerprint density at radius 1 is 0.962 bits per heavy atom. The van der Waals surface area contributed by atoms with E-state index in [1.807, 2.05) is 0 Å². The van der Waals surface area contributed by atoms with Gasteiger partial charge in [0.15, 0.2) is 0 Å². The van der Waals surface area contributed by atoms with Gasteiger partial charge in [0.1, 0.15) is 5.82 Å². The van der Waals surface area contributed by atoms with E-state index in [2.05, 4.69) is 5.32 Å².